The molecule has 2 aliphatic rings. The first kappa shape index (κ1) is 23.7. The highest BCUT2D eigenvalue weighted by Crippen LogP contribution is 2.39. The van der Waals surface area contributed by atoms with Crippen LogP contribution in [0.15, 0.2) is 24.3 Å². The molecular weight excluding hydrogens is 442 g/mol. The van der Waals surface area contributed by atoms with E-state index in [1.807, 2.05) is 21.6 Å². The standard InChI is InChI=1S/C20H28N3O6S2/c24-19(10-4-1-7-16-11-14-30-31-16)29-18-9-3-2-8-17(18)20(25)27-15-28-21-23(26)22-12-5-6-13-22/h2-3,8-9,16H,1,4-7,10-15H2,(H,21,26)/q+1. The Kier molecular flexibility index (Phi) is 9.76. The lowest BCUT2D eigenvalue weighted by Crippen LogP contribution is -2.40. The second-order valence-electron chi connectivity index (χ2n) is 7.26. The monoisotopic (exact) mass is 470 g/mol. The maximum atomic E-state index is 12.3. The average molecular weight is 471 g/mol. The number of hydrazine groups is 2. The number of carbonyl (C=O) groups is 2. The van der Waals surface area contributed by atoms with Crippen LogP contribution in [0.25, 0.3) is 0 Å². The molecule has 1 N–H and O–H groups in total. The molecule has 11 heteroatoms. The zero-order chi connectivity index (χ0) is 21.9. The molecule has 170 valence electrons. The molecule has 2 saturated heterocycles. The molecule has 0 aliphatic carbocycles. The van der Waals surface area contributed by atoms with Gasteiger partial charge in [-0.25, -0.2) is 4.79 Å². The van der Waals surface area contributed by atoms with Crippen molar-refractivity contribution in [2.75, 3.05) is 25.6 Å². The summed E-state index contributed by atoms with van der Waals surface area (Å²) in [5.74, 6) is 0.272. The van der Waals surface area contributed by atoms with Crippen molar-refractivity contribution in [3.8, 4) is 5.75 Å². The van der Waals surface area contributed by atoms with E-state index in [2.05, 4.69) is 5.59 Å². The van der Waals surface area contributed by atoms with Gasteiger partial charge in [-0.2, -0.15) is 4.84 Å². The SMILES string of the molecule is O=C(CCCCC1CCSS1)Oc1ccccc1C(=O)OCON[N+](=O)N1CCCC1. The fourth-order valence-electron chi connectivity index (χ4n) is 3.29. The zero-order valence-electron chi connectivity index (χ0n) is 17.3. The van der Waals surface area contributed by atoms with Gasteiger partial charge in [0.05, 0.1) is 18.0 Å². The van der Waals surface area contributed by atoms with Crippen molar-refractivity contribution in [2.24, 2.45) is 0 Å². The van der Waals surface area contributed by atoms with Gasteiger partial charge in [-0.1, -0.05) is 40.1 Å². The highest BCUT2D eigenvalue weighted by atomic mass is 33.1. The Morgan fingerprint density at radius 3 is 2.77 bits per heavy atom. The molecule has 3 rings (SSSR count). The Morgan fingerprint density at radius 1 is 1.19 bits per heavy atom. The third-order valence-electron chi connectivity index (χ3n) is 4.95. The van der Waals surface area contributed by atoms with E-state index in [4.69, 9.17) is 14.3 Å². The minimum atomic E-state index is -0.709. The maximum Gasteiger partial charge on any atom is 0.344 e. The van der Waals surface area contributed by atoms with Crippen LogP contribution in [0, 0.1) is 4.91 Å². The lowest BCUT2D eigenvalue weighted by Gasteiger charge is -2.10. The fraction of sp³-hybridized carbons (Fsp3) is 0.600. The van der Waals surface area contributed by atoms with Crippen LogP contribution in [0.1, 0.15) is 55.3 Å². The van der Waals surface area contributed by atoms with Crippen molar-refractivity contribution < 1.29 is 28.9 Å². The number of hydrogen-bond donors (Lipinski definition) is 1. The van der Waals surface area contributed by atoms with Gasteiger partial charge in [0, 0.05) is 23.0 Å². The maximum absolute atomic E-state index is 12.3. The van der Waals surface area contributed by atoms with E-state index in [-0.39, 0.29) is 17.3 Å². The molecule has 0 spiro atoms. The van der Waals surface area contributed by atoms with Crippen LogP contribution < -0.4 is 10.3 Å². The molecule has 0 aromatic heterocycles. The Morgan fingerprint density at radius 2 is 2.00 bits per heavy atom. The van der Waals surface area contributed by atoms with Gasteiger partial charge < -0.3 is 9.47 Å². The predicted octanol–water partition coefficient (Wildman–Crippen LogP) is 3.65. The van der Waals surface area contributed by atoms with Crippen LogP contribution in [-0.2, 0) is 14.4 Å². The van der Waals surface area contributed by atoms with Gasteiger partial charge in [0.2, 0.25) is 6.79 Å². The number of esters is 2. The number of para-hydroxylation sites is 1. The molecule has 0 bridgehead atoms. The lowest BCUT2D eigenvalue weighted by atomic mass is 10.1. The summed E-state index contributed by atoms with van der Waals surface area (Å²) in [5, 5.41) is 2.24. The van der Waals surface area contributed by atoms with E-state index in [9.17, 15) is 14.5 Å². The largest absolute Gasteiger partial charge is 0.432 e. The quantitative estimate of drug-likeness (QED) is 0.0927. The second kappa shape index (κ2) is 12.8. The molecule has 9 nitrogen and oxygen atoms in total. The topological polar surface area (TPSA) is 97.2 Å². The number of nitrogens with one attached hydrogen (secondary N) is 1. The molecule has 2 aliphatic heterocycles. The van der Waals surface area contributed by atoms with Crippen molar-refractivity contribution in [2.45, 2.75) is 50.2 Å². The first-order chi connectivity index (χ1) is 15.1. The van der Waals surface area contributed by atoms with E-state index in [1.165, 1.54) is 18.2 Å². The van der Waals surface area contributed by atoms with E-state index >= 15 is 0 Å². The summed E-state index contributed by atoms with van der Waals surface area (Å²) < 4.78 is 10.4. The minimum absolute atomic E-state index is 0.123. The third kappa shape index (κ3) is 7.89. The second-order valence-corrected chi connectivity index (χ2v) is 10.1. The van der Waals surface area contributed by atoms with E-state index in [1.54, 1.807) is 23.2 Å². The minimum Gasteiger partial charge on any atom is -0.432 e. The molecule has 0 saturated carbocycles. The number of nitroso groups, excluding NO2 is 1. The number of ether oxygens (including phenoxy) is 2. The first-order valence-corrected chi connectivity index (χ1v) is 12.9. The van der Waals surface area contributed by atoms with Crippen LogP contribution >= 0.6 is 21.6 Å². The van der Waals surface area contributed by atoms with Crippen molar-refractivity contribution in [1.82, 2.24) is 10.6 Å². The van der Waals surface area contributed by atoms with Gasteiger partial charge in [-0.3, -0.25) is 4.79 Å². The third-order valence-corrected chi connectivity index (χ3v) is 7.95. The zero-order valence-corrected chi connectivity index (χ0v) is 19.0. The fourth-order valence-corrected chi connectivity index (χ4v) is 6.31. The lowest BCUT2D eigenvalue weighted by molar-refractivity contribution is -0.787. The Hall–Kier alpha value is -1.98. The summed E-state index contributed by atoms with van der Waals surface area (Å²) in [7, 11) is 3.85. The normalized spacial score (nSPS) is 18.1. The Labute approximate surface area is 189 Å². The average Bonchev–Trinajstić information content (AvgIpc) is 3.49. The molecule has 1 aromatic rings. The smallest absolute Gasteiger partial charge is 0.344 e. The number of benzene rings is 1. The summed E-state index contributed by atoms with van der Waals surface area (Å²) in [4.78, 5) is 41.6. The van der Waals surface area contributed by atoms with Gasteiger partial charge >= 0.3 is 11.9 Å². The Balaban J connectivity index is 1.37. The summed E-state index contributed by atoms with van der Waals surface area (Å²) >= 11 is 0. The van der Waals surface area contributed by atoms with Crippen LogP contribution in [0.2, 0.25) is 0 Å². The number of nitrogens with zero attached hydrogens (tertiary/aromatic N) is 2. The summed E-state index contributed by atoms with van der Waals surface area (Å²) in [6.45, 7) is 0.833. The van der Waals surface area contributed by atoms with Crippen molar-refractivity contribution in [3.63, 3.8) is 0 Å². The molecular formula is C20H28N3O6S2+. The molecule has 2 heterocycles. The van der Waals surface area contributed by atoms with Crippen molar-refractivity contribution >= 4 is 33.5 Å². The molecule has 1 atom stereocenters. The molecule has 1 unspecified atom stereocenters. The number of rotatable bonds is 12. The summed E-state index contributed by atoms with van der Waals surface area (Å²) in [6.07, 6.45) is 6.29. The molecule has 2 fully saturated rings. The van der Waals surface area contributed by atoms with Gasteiger partial charge in [0.15, 0.2) is 0 Å². The van der Waals surface area contributed by atoms with Gasteiger partial charge in [-0.05, 0) is 44.2 Å². The van der Waals surface area contributed by atoms with Crippen LogP contribution in [-0.4, -0.2) is 52.8 Å². The van der Waals surface area contributed by atoms with Gasteiger partial charge in [-0.15, -0.1) is 5.01 Å². The van der Waals surface area contributed by atoms with Crippen molar-refractivity contribution in [1.29, 1.82) is 0 Å². The van der Waals surface area contributed by atoms with E-state index in [0.29, 0.717) is 29.7 Å². The van der Waals surface area contributed by atoms with Gasteiger partial charge in [0.25, 0.3) is 4.98 Å². The highest BCUT2D eigenvalue weighted by Gasteiger charge is 2.25. The van der Waals surface area contributed by atoms with E-state index in [0.717, 1.165) is 32.1 Å². The van der Waals surface area contributed by atoms with Gasteiger partial charge in [0.1, 0.15) is 11.3 Å². The number of unbranched alkanes of at least 4 members (excludes halogenated alkanes) is 1. The van der Waals surface area contributed by atoms with Crippen LogP contribution in [0.3, 0.4) is 0 Å². The molecule has 1 aromatic carbocycles. The Bertz CT molecular complexity index is 754. The number of hydrogen-bond acceptors (Lipinski definition) is 8. The molecule has 31 heavy (non-hydrogen) atoms. The highest BCUT2D eigenvalue weighted by molar-refractivity contribution is 8.77. The van der Waals surface area contributed by atoms with Crippen LogP contribution in [0.5, 0.6) is 5.75 Å². The van der Waals surface area contributed by atoms with Crippen LogP contribution in [0.4, 0.5) is 0 Å². The molecule has 0 radical (unpaired) electrons. The number of carbonyl (C=O) groups excluding carboxylic acids is 2. The summed E-state index contributed by atoms with van der Waals surface area (Å²) in [6, 6.07) is 6.39. The summed E-state index contributed by atoms with van der Waals surface area (Å²) in [5.41, 5.74) is 2.29. The van der Waals surface area contributed by atoms with Crippen molar-refractivity contribution in [3.05, 3.63) is 34.7 Å². The molecule has 0 amide bonds. The first-order valence-electron chi connectivity index (χ1n) is 10.5. The van der Waals surface area contributed by atoms with E-state index < -0.39 is 12.8 Å². The predicted molar refractivity (Wildman–Crippen MR) is 118 cm³/mol.